The number of amides is 1. The number of hydrogen-bond acceptors (Lipinski definition) is 3. The lowest BCUT2D eigenvalue weighted by Crippen LogP contribution is -2.36. The van der Waals surface area contributed by atoms with Crippen LogP contribution in [0.1, 0.15) is 6.42 Å². The van der Waals surface area contributed by atoms with Crippen molar-refractivity contribution in [1.82, 2.24) is 3.34 Å². The Balaban J connectivity index is 3.64. The molecular weight excluding hydrogens is 282 g/mol. The highest BCUT2D eigenvalue weighted by Crippen LogP contribution is 2.06. The van der Waals surface area contributed by atoms with Crippen LogP contribution in [-0.4, -0.2) is 27.3 Å². The van der Waals surface area contributed by atoms with Gasteiger partial charge in [0, 0.05) is 0 Å². The molecule has 0 aromatic carbocycles. The summed E-state index contributed by atoms with van der Waals surface area (Å²) in [5, 5.41) is 0. The van der Waals surface area contributed by atoms with E-state index in [0.717, 1.165) is 5.75 Å². The van der Waals surface area contributed by atoms with Gasteiger partial charge in [-0.25, -0.2) is 0 Å². The second-order valence-corrected chi connectivity index (χ2v) is 3.79. The van der Waals surface area contributed by atoms with Crippen molar-refractivity contribution >= 4 is 40.5 Å². The van der Waals surface area contributed by atoms with Crippen LogP contribution in [0.4, 0.5) is 4.48 Å². The second kappa shape index (κ2) is 6.01. The minimum absolute atomic E-state index is 0.00273. The van der Waals surface area contributed by atoms with Gasteiger partial charge in [0.2, 0.25) is 0 Å². The molecule has 0 bridgehead atoms. The highest BCUT2D eigenvalue weighted by molar-refractivity contribution is 14.1. The van der Waals surface area contributed by atoms with Gasteiger partial charge in [0.1, 0.15) is 22.9 Å². The molecule has 0 aliphatic rings. The molecule has 0 spiro atoms. The first-order valence-electron chi connectivity index (χ1n) is 2.99. The van der Waals surface area contributed by atoms with E-state index in [1.54, 1.807) is 11.8 Å². The Morgan fingerprint density at radius 1 is 1.91 bits per heavy atom. The van der Waals surface area contributed by atoms with Gasteiger partial charge in [-0.2, -0.15) is 11.8 Å². The minimum atomic E-state index is -0.704. The molecule has 66 valence electrons. The van der Waals surface area contributed by atoms with Gasteiger partial charge in [0.25, 0.3) is 5.91 Å². The van der Waals surface area contributed by atoms with Crippen LogP contribution in [0.15, 0.2) is 0 Å². The predicted molar refractivity (Wildman–Crippen MR) is 52.9 cm³/mol. The number of thioether (sulfide) groups is 1. The number of carbonyl (C=O) groups is 1. The summed E-state index contributed by atoms with van der Waals surface area (Å²) in [6.45, 7) is 0. The third-order valence-electron chi connectivity index (χ3n) is 1.12. The Hall–Kier alpha value is 0.440. The summed E-state index contributed by atoms with van der Waals surface area (Å²) >= 11 is 2.85. The van der Waals surface area contributed by atoms with Crippen LogP contribution in [-0.2, 0) is 4.79 Å². The number of hydrogen-bond donors (Lipinski definition) is 1. The fourth-order valence-corrected chi connectivity index (χ4v) is 1.34. The highest BCUT2D eigenvalue weighted by atomic mass is 127. The van der Waals surface area contributed by atoms with Crippen LogP contribution in [0.5, 0.6) is 0 Å². The second-order valence-electron chi connectivity index (χ2n) is 1.96. The molecule has 0 saturated heterocycles. The lowest BCUT2D eigenvalue weighted by Gasteiger charge is -2.09. The largest absolute Gasteiger partial charge is 0.320 e. The molecule has 2 N–H and O–H groups in total. The van der Waals surface area contributed by atoms with Crippen LogP contribution >= 0.6 is 34.6 Å². The van der Waals surface area contributed by atoms with Crippen LogP contribution in [0, 0.1) is 0 Å². The van der Waals surface area contributed by atoms with E-state index in [4.69, 9.17) is 5.73 Å². The van der Waals surface area contributed by atoms with E-state index in [1.807, 2.05) is 6.26 Å². The van der Waals surface area contributed by atoms with E-state index in [-0.39, 0.29) is 3.34 Å². The summed E-state index contributed by atoms with van der Waals surface area (Å²) in [5.41, 5.74) is 5.35. The van der Waals surface area contributed by atoms with Gasteiger partial charge in [-0.05, 0) is 18.4 Å². The zero-order valence-corrected chi connectivity index (χ0v) is 9.06. The Kier molecular flexibility index (Phi) is 6.25. The van der Waals surface area contributed by atoms with Crippen molar-refractivity contribution in [3.63, 3.8) is 0 Å². The van der Waals surface area contributed by atoms with Gasteiger partial charge in [-0.3, -0.25) is 4.79 Å². The van der Waals surface area contributed by atoms with Gasteiger partial charge in [-0.1, -0.05) is 4.48 Å². The van der Waals surface area contributed by atoms with Crippen molar-refractivity contribution < 1.29 is 9.28 Å². The molecule has 0 rings (SSSR count). The van der Waals surface area contributed by atoms with E-state index in [9.17, 15) is 9.28 Å². The zero-order valence-electron chi connectivity index (χ0n) is 6.09. The van der Waals surface area contributed by atoms with Crippen molar-refractivity contribution in [3.05, 3.63) is 0 Å². The highest BCUT2D eigenvalue weighted by Gasteiger charge is 2.18. The summed E-state index contributed by atoms with van der Waals surface area (Å²) in [7, 11) is 0. The van der Waals surface area contributed by atoms with E-state index in [2.05, 4.69) is 0 Å². The van der Waals surface area contributed by atoms with Crippen molar-refractivity contribution in [2.45, 2.75) is 12.5 Å². The topological polar surface area (TPSA) is 46.3 Å². The minimum Gasteiger partial charge on any atom is -0.320 e. The molecule has 0 aromatic heterocycles. The zero-order chi connectivity index (χ0) is 8.85. The van der Waals surface area contributed by atoms with Crippen LogP contribution < -0.4 is 5.73 Å². The third-order valence-corrected chi connectivity index (χ3v) is 2.24. The summed E-state index contributed by atoms with van der Waals surface area (Å²) in [6.07, 6.45) is 2.43. The monoisotopic (exact) mass is 292 g/mol. The molecule has 0 unspecified atom stereocenters. The Labute approximate surface area is 83.3 Å². The Morgan fingerprint density at radius 2 is 2.45 bits per heavy atom. The average Bonchev–Trinajstić information content (AvgIpc) is 1.98. The van der Waals surface area contributed by atoms with Crippen LogP contribution in [0.3, 0.4) is 0 Å². The van der Waals surface area contributed by atoms with Crippen molar-refractivity contribution in [1.29, 1.82) is 0 Å². The average molecular weight is 292 g/mol. The molecule has 6 heteroatoms. The fourth-order valence-electron chi connectivity index (χ4n) is 0.494. The van der Waals surface area contributed by atoms with Crippen LogP contribution in [0.25, 0.3) is 0 Å². The SMILES string of the molecule is CSCC[C@H](N)C(=O)N(F)I. The van der Waals surface area contributed by atoms with Crippen molar-refractivity contribution in [2.75, 3.05) is 12.0 Å². The molecule has 11 heavy (non-hydrogen) atoms. The molecule has 1 amide bonds. The normalized spacial score (nSPS) is 12.7. The molecule has 0 saturated carbocycles. The van der Waals surface area contributed by atoms with Gasteiger partial charge in [-0.15, -0.1) is 3.34 Å². The maximum atomic E-state index is 12.2. The van der Waals surface area contributed by atoms with E-state index < -0.39 is 11.9 Å². The first-order chi connectivity index (χ1) is 5.09. The fraction of sp³-hybridized carbons (Fsp3) is 0.800. The summed E-state index contributed by atoms with van der Waals surface area (Å²) in [4.78, 5) is 10.8. The lowest BCUT2D eigenvalue weighted by molar-refractivity contribution is -0.134. The molecule has 0 radical (unpaired) electrons. The summed E-state index contributed by atoms with van der Waals surface area (Å²) in [6, 6.07) is -0.704. The van der Waals surface area contributed by atoms with E-state index in [1.165, 1.54) is 22.9 Å². The van der Waals surface area contributed by atoms with Crippen molar-refractivity contribution in [3.8, 4) is 0 Å². The summed E-state index contributed by atoms with van der Waals surface area (Å²) in [5.74, 6) is 0.108. The van der Waals surface area contributed by atoms with Crippen LogP contribution in [0.2, 0.25) is 0 Å². The van der Waals surface area contributed by atoms with E-state index in [0.29, 0.717) is 6.42 Å². The molecule has 0 aliphatic heterocycles. The van der Waals surface area contributed by atoms with Gasteiger partial charge >= 0.3 is 0 Å². The molecular formula is C5H10FIN2OS. The Morgan fingerprint density at radius 3 is 2.82 bits per heavy atom. The molecule has 0 fully saturated rings. The number of nitrogens with zero attached hydrogens (tertiary/aromatic N) is 1. The Bertz CT molecular complexity index is 136. The maximum absolute atomic E-state index is 12.2. The van der Waals surface area contributed by atoms with Gasteiger partial charge < -0.3 is 5.73 Å². The maximum Gasteiger partial charge on any atom is 0.276 e. The van der Waals surface area contributed by atoms with E-state index >= 15 is 0 Å². The molecule has 1 atom stereocenters. The van der Waals surface area contributed by atoms with Crippen molar-refractivity contribution in [2.24, 2.45) is 5.73 Å². The number of halogens is 2. The lowest BCUT2D eigenvalue weighted by atomic mass is 10.2. The number of nitrogens with two attached hydrogens (primary N) is 1. The molecule has 0 aromatic rings. The van der Waals surface area contributed by atoms with Gasteiger partial charge in [0.05, 0.1) is 6.04 Å². The third kappa shape index (κ3) is 4.81. The first-order valence-corrected chi connectivity index (χ1v) is 5.35. The molecule has 0 heterocycles. The molecule has 3 nitrogen and oxygen atoms in total. The quantitative estimate of drug-likeness (QED) is 0.624. The smallest absolute Gasteiger partial charge is 0.276 e. The molecule has 0 aliphatic carbocycles. The summed E-state index contributed by atoms with van der Waals surface area (Å²) < 4.78 is 12.2. The standard InChI is InChI=1S/C5H10FIN2OS/c1-11-3-2-4(8)5(10)9(6)7/h4H,2-3,8H2,1H3/t4-/m0/s1. The predicted octanol–water partition coefficient (Wildman–Crippen LogP) is 1.13. The van der Waals surface area contributed by atoms with Gasteiger partial charge in [0.15, 0.2) is 0 Å². The number of carbonyl (C=O) groups excluding carboxylic acids is 1. The first kappa shape index (κ1) is 11.4. The number of rotatable bonds is 4.